The van der Waals surface area contributed by atoms with Crippen LogP contribution in [0.25, 0.3) is 0 Å². The zero-order valence-electron chi connectivity index (χ0n) is 11.0. The highest BCUT2D eigenvalue weighted by molar-refractivity contribution is 6.00. The summed E-state index contributed by atoms with van der Waals surface area (Å²) < 4.78 is 5.12. The average molecular weight is 265 g/mol. The van der Waals surface area contributed by atoms with Gasteiger partial charge in [-0.15, -0.1) is 0 Å². The number of ether oxygens (including phenoxy) is 1. The number of likely N-dealkylation sites (tertiary alicyclic amines) is 1. The first kappa shape index (κ1) is 13.8. The van der Waals surface area contributed by atoms with Gasteiger partial charge in [-0.1, -0.05) is 0 Å². The zero-order chi connectivity index (χ0) is 13.8. The molecule has 0 amide bonds. The number of phenolic OH excluding ortho intramolecular Hbond substituents is 2. The Hall–Kier alpha value is -1.59. The lowest BCUT2D eigenvalue weighted by molar-refractivity contribution is 0.0934. The van der Waals surface area contributed by atoms with Crippen LogP contribution < -0.4 is 0 Å². The predicted molar refractivity (Wildman–Crippen MR) is 70.5 cm³/mol. The van der Waals surface area contributed by atoms with Crippen LogP contribution in [0.5, 0.6) is 11.5 Å². The van der Waals surface area contributed by atoms with Crippen molar-refractivity contribution in [3.05, 3.63) is 23.8 Å². The van der Waals surface area contributed by atoms with Crippen LogP contribution in [0.15, 0.2) is 18.2 Å². The molecule has 0 radical (unpaired) electrons. The molecule has 1 aliphatic heterocycles. The Balaban J connectivity index is 1.94. The van der Waals surface area contributed by atoms with Crippen molar-refractivity contribution in [2.24, 2.45) is 5.92 Å². The molecule has 1 saturated heterocycles. The number of benzene rings is 1. The molecule has 1 unspecified atom stereocenters. The summed E-state index contributed by atoms with van der Waals surface area (Å²) in [5, 5.41) is 18.9. The number of hydrogen-bond acceptors (Lipinski definition) is 5. The predicted octanol–water partition coefficient (Wildman–Crippen LogP) is 1.25. The van der Waals surface area contributed by atoms with E-state index in [-0.39, 0.29) is 22.8 Å². The molecule has 0 aromatic heterocycles. The van der Waals surface area contributed by atoms with Crippen molar-refractivity contribution < 1.29 is 19.7 Å². The summed E-state index contributed by atoms with van der Waals surface area (Å²) in [4.78, 5) is 14.2. The highest BCUT2D eigenvalue weighted by Gasteiger charge is 2.25. The Morgan fingerprint density at radius 3 is 2.95 bits per heavy atom. The Labute approximate surface area is 112 Å². The Kier molecular flexibility index (Phi) is 4.39. The van der Waals surface area contributed by atoms with E-state index in [9.17, 15) is 15.0 Å². The van der Waals surface area contributed by atoms with Crippen molar-refractivity contribution in [3.63, 3.8) is 0 Å². The number of phenols is 2. The first-order valence-corrected chi connectivity index (χ1v) is 6.36. The van der Waals surface area contributed by atoms with Crippen molar-refractivity contribution in [2.75, 3.05) is 33.4 Å². The van der Waals surface area contributed by atoms with Gasteiger partial charge in [0, 0.05) is 19.7 Å². The third-order valence-corrected chi connectivity index (χ3v) is 3.42. The minimum atomic E-state index is -0.169. The molecule has 5 heteroatoms. The van der Waals surface area contributed by atoms with Crippen LogP contribution in [0.1, 0.15) is 16.8 Å². The maximum absolute atomic E-state index is 12.1. The third kappa shape index (κ3) is 3.45. The highest BCUT2D eigenvalue weighted by atomic mass is 16.5. The minimum absolute atomic E-state index is 0.0459. The maximum Gasteiger partial charge on any atom is 0.180 e. The van der Waals surface area contributed by atoms with Crippen LogP contribution in [-0.2, 0) is 4.74 Å². The van der Waals surface area contributed by atoms with Gasteiger partial charge in [-0.05, 0) is 31.0 Å². The quantitative estimate of drug-likeness (QED) is 0.784. The summed E-state index contributed by atoms with van der Waals surface area (Å²) in [5.41, 5.74) is 0.257. The SMILES string of the molecule is COCC1CCN(CC(=O)c2ccc(O)cc2O)C1. The molecule has 2 N–H and O–H groups in total. The molecule has 0 bridgehead atoms. The molecule has 1 aromatic rings. The lowest BCUT2D eigenvalue weighted by atomic mass is 10.1. The second kappa shape index (κ2) is 6.04. The number of carbonyl (C=O) groups excluding carboxylic acids is 1. The van der Waals surface area contributed by atoms with Gasteiger partial charge in [-0.2, -0.15) is 0 Å². The van der Waals surface area contributed by atoms with Crippen LogP contribution in [-0.4, -0.2) is 54.2 Å². The molecule has 1 aliphatic rings. The number of Topliss-reactive ketones (excluding diaryl/α,β-unsaturated/α-hetero) is 1. The number of aromatic hydroxyl groups is 2. The summed E-state index contributed by atoms with van der Waals surface area (Å²) in [6, 6.07) is 4.05. The summed E-state index contributed by atoms with van der Waals surface area (Å²) in [6.45, 7) is 2.73. The largest absolute Gasteiger partial charge is 0.508 e. The van der Waals surface area contributed by atoms with Crippen molar-refractivity contribution in [3.8, 4) is 11.5 Å². The number of methoxy groups -OCH3 is 1. The lowest BCUT2D eigenvalue weighted by Gasteiger charge is -2.15. The number of nitrogens with zero attached hydrogens (tertiary/aromatic N) is 1. The molecular weight excluding hydrogens is 246 g/mol. The van der Waals surface area contributed by atoms with Crippen LogP contribution in [0.4, 0.5) is 0 Å². The number of rotatable bonds is 5. The fourth-order valence-corrected chi connectivity index (χ4v) is 2.47. The van der Waals surface area contributed by atoms with Crippen molar-refractivity contribution in [2.45, 2.75) is 6.42 Å². The van der Waals surface area contributed by atoms with Crippen LogP contribution >= 0.6 is 0 Å². The van der Waals surface area contributed by atoms with E-state index in [1.165, 1.54) is 18.2 Å². The minimum Gasteiger partial charge on any atom is -0.508 e. The van der Waals surface area contributed by atoms with Gasteiger partial charge in [-0.25, -0.2) is 0 Å². The Morgan fingerprint density at radius 1 is 1.47 bits per heavy atom. The van der Waals surface area contributed by atoms with Gasteiger partial charge in [-0.3, -0.25) is 9.69 Å². The first-order valence-electron chi connectivity index (χ1n) is 6.36. The number of carbonyl (C=O) groups is 1. The number of hydrogen-bond donors (Lipinski definition) is 2. The van der Waals surface area contributed by atoms with Gasteiger partial charge in [0.15, 0.2) is 5.78 Å². The van der Waals surface area contributed by atoms with Gasteiger partial charge in [0.2, 0.25) is 0 Å². The molecule has 5 nitrogen and oxygen atoms in total. The molecular formula is C14H19NO4. The summed E-state index contributed by atoms with van der Waals surface area (Å²) in [7, 11) is 1.68. The molecule has 104 valence electrons. The number of ketones is 1. The van der Waals surface area contributed by atoms with E-state index >= 15 is 0 Å². The van der Waals surface area contributed by atoms with Gasteiger partial charge in [0.05, 0.1) is 18.7 Å². The van der Waals surface area contributed by atoms with Gasteiger partial charge in [0.1, 0.15) is 11.5 Å². The van der Waals surface area contributed by atoms with E-state index in [0.29, 0.717) is 12.5 Å². The fraction of sp³-hybridized carbons (Fsp3) is 0.500. The lowest BCUT2D eigenvalue weighted by Crippen LogP contribution is -2.28. The van der Waals surface area contributed by atoms with Crippen molar-refractivity contribution >= 4 is 5.78 Å². The molecule has 0 aliphatic carbocycles. The molecule has 1 heterocycles. The molecule has 19 heavy (non-hydrogen) atoms. The zero-order valence-corrected chi connectivity index (χ0v) is 11.0. The topological polar surface area (TPSA) is 70.0 Å². The van der Waals surface area contributed by atoms with Gasteiger partial charge in [0.25, 0.3) is 0 Å². The fourth-order valence-electron chi connectivity index (χ4n) is 2.47. The molecule has 1 fully saturated rings. The van der Waals surface area contributed by atoms with E-state index in [0.717, 1.165) is 26.1 Å². The smallest absolute Gasteiger partial charge is 0.180 e. The van der Waals surface area contributed by atoms with E-state index in [1.807, 2.05) is 0 Å². The monoisotopic (exact) mass is 265 g/mol. The molecule has 0 spiro atoms. The molecule has 1 atom stereocenters. The van der Waals surface area contributed by atoms with Crippen LogP contribution in [0.3, 0.4) is 0 Å². The maximum atomic E-state index is 12.1. The second-order valence-electron chi connectivity index (χ2n) is 4.97. The van der Waals surface area contributed by atoms with E-state index in [2.05, 4.69) is 4.90 Å². The first-order chi connectivity index (χ1) is 9.10. The Morgan fingerprint density at radius 2 is 2.26 bits per heavy atom. The summed E-state index contributed by atoms with van der Waals surface area (Å²) in [6.07, 6.45) is 1.03. The summed E-state index contributed by atoms with van der Waals surface area (Å²) in [5.74, 6) is 0.134. The van der Waals surface area contributed by atoms with E-state index < -0.39 is 0 Å². The van der Waals surface area contributed by atoms with Crippen LogP contribution in [0.2, 0.25) is 0 Å². The van der Waals surface area contributed by atoms with Crippen LogP contribution in [0, 0.1) is 5.92 Å². The Bertz CT molecular complexity index is 461. The summed E-state index contributed by atoms with van der Waals surface area (Å²) >= 11 is 0. The third-order valence-electron chi connectivity index (χ3n) is 3.42. The van der Waals surface area contributed by atoms with Gasteiger partial charge < -0.3 is 14.9 Å². The average Bonchev–Trinajstić information content (AvgIpc) is 2.76. The second-order valence-corrected chi connectivity index (χ2v) is 4.97. The van der Waals surface area contributed by atoms with E-state index in [1.54, 1.807) is 7.11 Å². The van der Waals surface area contributed by atoms with Gasteiger partial charge >= 0.3 is 0 Å². The van der Waals surface area contributed by atoms with Crippen molar-refractivity contribution in [1.82, 2.24) is 4.90 Å². The highest BCUT2D eigenvalue weighted by Crippen LogP contribution is 2.24. The molecule has 0 saturated carbocycles. The normalized spacial score (nSPS) is 19.7. The van der Waals surface area contributed by atoms with Crippen molar-refractivity contribution in [1.29, 1.82) is 0 Å². The standard InChI is InChI=1S/C14H19NO4/c1-19-9-10-4-5-15(7-10)8-14(18)12-3-2-11(16)6-13(12)17/h2-3,6,10,16-17H,4-5,7-9H2,1H3. The molecule has 1 aromatic carbocycles. The molecule has 2 rings (SSSR count). The van der Waals surface area contributed by atoms with E-state index in [4.69, 9.17) is 4.74 Å².